The molecule has 0 radical (unpaired) electrons. The van der Waals surface area contributed by atoms with Crippen molar-refractivity contribution in [3.8, 4) is 0 Å². The van der Waals surface area contributed by atoms with E-state index in [4.69, 9.17) is 4.42 Å². The van der Waals surface area contributed by atoms with E-state index in [0.29, 0.717) is 18.2 Å². The average Bonchev–Trinajstić information content (AvgIpc) is 2.97. The predicted molar refractivity (Wildman–Crippen MR) is 54.1 cm³/mol. The summed E-state index contributed by atoms with van der Waals surface area (Å²) in [5.41, 5.74) is 0. The number of methoxy groups -OCH3 is 1. The molecule has 90 valence electrons. The highest BCUT2D eigenvalue weighted by Gasteiger charge is 2.12. The maximum atomic E-state index is 11.1. The van der Waals surface area contributed by atoms with Gasteiger partial charge in [-0.2, -0.15) is 0 Å². The average molecular weight is 237 g/mol. The van der Waals surface area contributed by atoms with Gasteiger partial charge in [-0.15, -0.1) is 15.3 Å². The third-order valence-electron chi connectivity index (χ3n) is 2.01. The van der Waals surface area contributed by atoms with Crippen LogP contribution < -0.4 is 0 Å². The Bertz CT molecular complexity index is 518. The van der Waals surface area contributed by atoms with Crippen molar-refractivity contribution in [2.75, 3.05) is 7.11 Å². The fraction of sp³-hybridized carbons (Fsp3) is 0.444. The molecule has 0 bridgehead atoms. The number of nitrogens with zero attached hydrogens (tertiary/aromatic N) is 5. The lowest BCUT2D eigenvalue weighted by molar-refractivity contribution is 0.0586. The summed E-state index contributed by atoms with van der Waals surface area (Å²) in [6.45, 7) is 2.19. The Morgan fingerprint density at radius 3 is 2.88 bits per heavy atom. The lowest BCUT2D eigenvalue weighted by atomic mass is 10.5. The summed E-state index contributed by atoms with van der Waals surface area (Å²) in [5, 5.41) is 11.6. The molecule has 0 saturated heterocycles. The van der Waals surface area contributed by atoms with E-state index in [1.165, 1.54) is 18.1 Å². The lowest BCUT2D eigenvalue weighted by Gasteiger charge is -1.94. The molecule has 8 nitrogen and oxygen atoms in total. The molecule has 0 N–H and O–H groups in total. The Kier molecular flexibility index (Phi) is 3.12. The molecule has 0 aromatic carbocycles. The molecular weight excluding hydrogens is 226 g/mol. The maximum absolute atomic E-state index is 11.1. The second-order valence-electron chi connectivity index (χ2n) is 3.20. The number of hydrogen-bond acceptors (Lipinski definition) is 7. The van der Waals surface area contributed by atoms with Crippen molar-refractivity contribution in [1.82, 2.24) is 25.0 Å². The van der Waals surface area contributed by atoms with Crippen molar-refractivity contribution < 1.29 is 13.9 Å². The molecule has 0 aliphatic heterocycles. The SMILES string of the molecule is CCc1nnc(Cn2cnc(C(=O)OC)n2)o1. The second kappa shape index (κ2) is 4.73. The van der Waals surface area contributed by atoms with Gasteiger partial charge >= 0.3 is 5.97 Å². The molecular formula is C9H11N5O3. The number of carbonyl (C=O) groups excluding carboxylic acids is 1. The zero-order chi connectivity index (χ0) is 12.3. The highest BCUT2D eigenvalue weighted by atomic mass is 16.5. The van der Waals surface area contributed by atoms with Crippen LogP contribution in [0.4, 0.5) is 0 Å². The number of rotatable bonds is 4. The van der Waals surface area contributed by atoms with Crippen molar-refractivity contribution in [3.63, 3.8) is 0 Å². The van der Waals surface area contributed by atoms with Gasteiger partial charge in [-0.1, -0.05) is 6.92 Å². The van der Waals surface area contributed by atoms with Gasteiger partial charge in [-0.25, -0.2) is 14.5 Å². The molecule has 0 atom stereocenters. The van der Waals surface area contributed by atoms with Gasteiger partial charge in [0.2, 0.25) is 11.8 Å². The van der Waals surface area contributed by atoms with Crippen molar-refractivity contribution >= 4 is 5.97 Å². The predicted octanol–water partition coefficient (Wildman–Crippen LogP) is 0.0584. The van der Waals surface area contributed by atoms with Crippen LogP contribution in [0.5, 0.6) is 0 Å². The highest BCUT2D eigenvalue weighted by Crippen LogP contribution is 2.02. The van der Waals surface area contributed by atoms with Crippen LogP contribution in [0.15, 0.2) is 10.7 Å². The first-order chi connectivity index (χ1) is 8.22. The van der Waals surface area contributed by atoms with E-state index in [2.05, 4.69) is 25.0 Å². The minimum absolute atomic E-state index is 0.00253. The zero-order valence-corrected chi connectivity index (χ0v) is 9.45. The third kappa shape index (κ3) is 2.47. The highest BCUT2D eigenvalue weighted by molar-refractivity contribution is 5.84. The Morgan fingerprint density at radius 2 is 2.24 bits per heavy atom. The molecule has 8 heteroatoms. The van der Waals surface area contributed by atoms with Crippen molar-refractivity contribution in [2.45, 2.75) is 19.9 Å². The molecule has 0 unspecified atom stereocenters. The molecule has 0 aliphatic carbocycles. The van der Waals surface area contributed by atoms with Crippen LogP contribution in [0, 0.1) is 0 Å². The fourth-order valence-corrected chi connectivity index (χ4v) is 1.19. The van der Waals surface area contributed by atoms with E-state index in [9.17, 15) is 4.79 Å². The number of ether oxygens (including phenoxy) is 1. The number of aromatic nitrogens is 5. The number of hydrogen-bond donors (Lipinski definition) is 0. The molecule has 2 heterocycles. The third-order valence-corrected chi connectivity index (χ3v) is 2.01. The Labute approximate surface area is 96.6 Å². The van der Waals surface area contributed by atoms with Crippen LogP contribution in [-0.4, -0.2) is 38.0 Å². The van der Waals surface area contributed by atoms with Crippen LogP contribution in [0.2, 0.25) is 0 Å². The smallest absolute Gasteiger partial charge is 0.377 e. The quantitative estimate of drug-likeness (QED) is 0.693. The van der Waals surface area contributed by atoms with Gasteiger partial charge in [0.15, 0.2) is 0 Å². The first kappa shape index (κ1) is 11.2. The normalized spacial score (nSPS) is 10.5. The van der Waals surface area contributed by atoms with Crippen LogP contribution in [0.25, 0.3) is 0 Å². The molecule has 0 saturated carbocycles. The molecule has 17 heavy (non-hydrogen) atoms. The molecule has 0 amide bonds. The van der Waals surface area contributed by atoms with Gasteiger partial charge in [0.25, 0.3) is 5.82 Å². The summed E-state index contributed by atoms with van der Waals surface area (Å²) in [6.07, 6.45) is 2.08. The van der Waals surface area contributed by atoms with Crippen LogP contribution in [-0.2, 0) is 17.7 Å². The Morgan fingerprint density at radius 1 is 1.47 bits per heavy atom. The summed E-state index contributed by atoms with van der Waals surface area (Å²) < 4.78 is 11.2. The Hall–Kier alpha value is -2.25. The van der Waals surface area contributed by atoms with Gasteiger partial charge < -0.3 is 9.15 Å². The van der Waals surface area contributed by atoms with Crippen molar-refractivity contribution in [2.24, 2.45) is 0 Å². The Balaban J connectivity index is 2.08. The summed E-state index contributed by atoms with van der Waals surface area (Å²) in [4.78, 5) is 14.9. The van der Waals surface area contributed by atoms with Crippen molar-refractivity contribution in [3.05, 3.63) is 23.9 Å². The molecule has 2 rings (SSSR count). The van der Waals surface area contributed by atoms with Gasteiger partial charge in [0.05, 0.1) is 7.11 Å². The van der Waals surface area contributed by atoms with E-state index >= 15 is 0 Å². The van der Waals surface area contributed by atoms with Crippen LogP contribution in [0.3, 0.4) is 0 Å². The summed E-state index contributed by atoms with van der Waals surface area (Å²) in [7, 11) is 1.27. The molecule has 0 fully saturated rings. The van der Waals surface area contributed by atoms with Gasteiger partial charge in [-0.3, -0.25) is 0 Å². The number of carbonyl (C=O) groups is 1. The minimum atomic E-state index is -0.580. The molecule has 0 spiro atoms. The maximum Gasteiger partial charge on any atom is 0.377 e. The summed E-state index contributed by atoms with van der Waals surface area (Å²) in [6, 6.07) is 0. The summed E-state index contributed by atoms with van der Waals surface area (Å²) >= 11 is 0. The molecule has 0 aliphatic rings. The largest absolute Gasteiger partial charge is 0.463 e. The lowest BCUT2D eigenvalue weighted by Crippen LogP contribution is -2.06. The zero-order valence-electron chi connectivity index (χ0n) is 9.45. The van der Waals surface area contributed by atoms with E-state index in [-0.39, 0.29) is 12.4 Å². The van der Waals surface area contributed by atoms with Gasteiger partial charge in [-0.05, 0) is 0 Å². The monoisotopic (exact) mass is 237 g/mol. The first-order valence-corrected chi connectivity index (χ1v) is 5.02. The summed E-state index contributed by atoms with van der Waals surface area (Å²) in [5.74, 6) is 0.405. The second-order valence-corrected chi connectivity index (χ2v) is 3.20. The number of aryl methyl sites for hydroxylation is 1. The van der Waals surface area contributed by atoms with E-state index in [0.717, 1.165) is 0 Å². The fourth-order valence-electron chi connectivity index (χ4n) is 1.19. The number of esters is 1. The topological polar surface area (TPSA) is 95.9 Å². The van der Waals surface area contributed by atoms with E-state index in [1.54, 1.807) is 0 Å². The van der Waals surface area contributed by atoms with E-state index < -0.39 is 5.97 Å². The van der Waals surface area contributed by atoms with Gasteiger partial charge in [0, 0.05) is 6.42 Å². The standard InChI is InChI=1S/C9H11N5O3/c1-3-6-11-12-7(17-6)4-14-5-10-8(13-14)9(15)16-2/h5H,3-4H2,1-2H3. The first-order valence-electron chi connectivity index (χ1n) is 5.02. The van der Waals surface area contributed by atoms with Crippen LogP contribution >= 0.6 is 0 Å². The van der Waals surface area contributed by atoms with Crippen LogP contribution in [0.1, 0.15) is 29.3 Å². The van der Waals surface area contributed by atoms with Crippen molar-refractivity contribution in [1.29, 1.82) is 0 Å². The molecule has 2 aromatic rings. The minimum Gasteiger partial charge on any atom is -0.463 e. The van der Waals surface area contributed by atoms with E-state index in [1.807, 2.05) is 6.92 Å². The molecule has 2 aromatic heterocycles. The van der Waals surface area contributed by atoms with Gasteiger partial charge in [0.1, 0.15) is 12.9 Å².